The third-order valence-electron chi connectivity index (χ3n) is 6.73. The van der Waals surface area contributed by atoms with Crippen molar-refractivity contribution in [3.8, 4) is 40.2 Å². The summed E-state index contributed by atoms with van der Waals surface area (Å²) in [5.74, 6) is -6.62. The van der Waals surface area contributed by atoms with Crippen molar-refractivity contribution >= 4 is 27.9 Å². The number of carbonyl (C=O) groups excluding carboxylic acids is 1. The fourth-order valence-electron chi connectivity index (χ4n) is 4.59. The molecule has 0 amide bonds. The summed E-state index contributed by atoms with van der Waals surface area (Å²) in [6.45, 7) is -0.784. The maximum absolute atomic E-state index is 13.2. The standard InChI is InChI=1S/C26H22O15/c27-9-3-8-14(4-10(9)28)40-15-5-11(29)17(22(35)18(15)19(8)32)25-24(37)23(36)21(34)16(41-25)6-39-26(38)7-1-12(30)20(33)13(31)2-7/h1-5,16,21,23-25,27-31,33-37H,6H2. The van der Waals surface area contributed by atoms with Crippen LogP contribution >= 0.6 is 0 Å². The van der Waals surface area contributed by atoms with E-state index in [1.54, 1.807) is 0 Å². The van der Waals surface area contributed by atoms with E-state index in [-0.39, 0.29) is 16.6 Å². The van der Waals surface area contributed by atoms with Crippen LogP contribution in [0.25, 0.3) is 21.9 Å². The Morgan fingerprint density at radius 2 is 1.34 bits per heavy atom. The van der Waals surface area contributed by atoms with Gasteiger partial charge in [0.1, 0.15) is 65.2 Å². The van der Waals surface area contributed by atoms with Crippen molar-refractivity contribution in [2.75, 3.05) is 6.61 Å². The molecule has 0 bridgehead atoms. The van der Waals surface area contributed by atoms with Crippen molar-refractivity contribution in [3.63, 3.8) is 0 Å². The Morgan fingerprint density at radius 1 is 0.732 bits per heavy atom. The number of benzene rings is 3. The van der Waals surface area contributed by atoms with Crippen LogP contribution in [0.1, 0.15) is 22.0 Å². The van der Waals surface area contributed by atoms with E-state index < -0.39 is 105 Å². The minimum atomic E-state index is -1.98. The monoisotopic (exact) mass is 574 g/mol. The third-order valence-corrected chi connectivity index (χ3v) is 6.73. The molecule has 10 N–H and O–H groups in total. The van der Waals surface area contributed by atoms with Crippen LogP contribution < -0.4 is 5.43 Å². The van der Waals surface area contributed by atoms with E-state index in [1.165, 1.54) is 0 Å². The molecule has 0 spiro atoms. The zero-order valence-corrected chi connectivity index (χ0v) is 20.5. The first-order chi connectivity index (χ1) is 19.3. The van der Waals surface area contributed by atoms with Crippen molar-refractivity contribution < 1.29 is 69.8 Å². The van der Waals surface area contributed by atoms with Crippen molar-refractivity contribution in [1.29, 1.82) is 0 Å². The summed E-state index contributed by atoms with van der Waals surface area (Å²) in [5, 5.41) is 101. The van der Waals surface area contributed by atoms with Crippen LogP contribution in [0.3, 0.4) is 0 Å². The van der Waals surface area contributed by atoms with Gasteiger partial charge in [0.15, 0.2) is 28.7 Å². The summed E-state index contributed by atoms with van der Waals surface area (Å²) in [7, 11) is 0. The molecule has 1 saturated heterocycles. The number of carbonyl (C=O) groups is 1. The smallest absolute Gasteiger partial charge is 0.338 e. The molecule has 5 rings (SSSR count). The Bertz CT molecular complexity index is 1740. The quantitative estimate of drug-likeness (QED) is 0.0890. The average molecular weight is 574 g/mol. The average Bonchev–Trinajstić information content (AvgIpc) is 2.91. The summed E-state index contributed by atoms with van der Waals surface area (Å²) in [5.41, 5.74) is -2.41. The van der Waals surface area contributed by atoms with E-state index in [4.69, 9.17) is 13.9 Å². The van der Waals surface area contributed by atoms with E-state index in [0.29, 0.717) is 0 Å². The van der Waals surface area contributed by atoms with Gasteiger partial charge >= 0.3 is 5.97 Å². The molecule has 3 aromatic carbocycles. The Morgan fingerprint density at radius 3 is 2.00 bits per heavy atom. The fourth-order valence-corrected chi connectivity index (χ4v) is 4.59. The largest absolute Gasteiger partial charge is 0.507 e. The molecule has 216 valence electrons. The molecular weight excluding hydrogens is 552 g/mol. The molecule has 5 unspecified atom stereocenters. The Labute approximate surface area is 227 Å². The van der Waals surface area contributed by atoms with Gasteiger partial charge in [-0.15, -0.1) is 0 Å². The molecule has 0 radical (unpaired) electrons. The molecule has 5 atom stereocenters. The predicted molar refractivity (Wildman–Crippen MR) is 134 cm³/mol. The highest BCUT2D eigenvalue weighted by molar-refractivity contribution is 5.96. The summed E-state index contributed by atoms with van der Waals surface area (Å²) >= 11 is 0. The SMILES string of the molecule is O=C(OCC1OC(c2c(O)cc3oc4cc(O)c(O)cc4c(=O)c3c2O)C(O)C(O)C1O)c1cc(O)c(O)c(O)c1. The van der Waals surface area contributed by atoms with E-state index in [2.05, 4.69) is 0 Å². The molecule has 1 aromatic heterocycles. The lowest BCUT2D eigenvalue weighted by atomic mass is 9.89. The second-order valence-corrected chi connectivity index (χ2v) is 9.33. The van der Waals surface area contributed by atoms with Crippen LogP contribution in [0.5, 0.6) is 40.2 Å². The molecule has 41 heavy (non-hydrogen) atoms. The molecule has 1 aliphatic rings. The lowest BCUT2D eigenvalue weighted by Gasteiger charge is -2.40. The lowest BCUT2D eigenvalue weighted by molar-refractivity contribution is -0.232. The number of hydrogen-bond acceptors (Lipinski definition) is 15. The van der Waals surface area contributed by atoms with Gasteiger partial charge in [-0.05, 0) is 18.2 Å². The van der Waals surface area contributed by atoms with Gasteiger partial charge in [-0.25, -0.2) is 4.79 Å². The van der Waals surface area contributed by atoms with Gasteiger partial charge in [-0.2, -0.15) is 0 Å². The number of fused-ring (bicyclic) bond motifs is 2. The topological polar surface area (TPSA) is 268 Å². The first-order valence-electron chi connectivity index (χ1n) is 11.8. The highest BCUT2D eigenvalue weighted by atomic mass is 16.6. The van der Waals surface area contributed by atoms with E-state index >= 15 is 0 Å². The van der Waals surface area contributed by atoms with Crippen molar-refractivity contribution in [1.82, 2.24) is 0 Å². The van der Waals surface area contributed by atoms with Gasteiger partial charge in [0.2, 0.25) is 5.43 Å². The second kappa shape index (κ2) is 9.90. The Balaban J connectivity index is 1.50. The number of esters is 1. The van der Waals surface area contributed by atoms with Gasteiger partial charge < -0.3 is 65.0 Å². The number of rotatable bonds is 4. The molecule has 15 heteroatoms. The van der Waals surface area contributed by atoms with Crippen LogP contribution in [0.15, 0.2) is 39.5 Å². The van der Waals surface area contributed by atoms with Crippen molar-refractivity contribution in [2.45, 2.75) is 30.5 Å². The Kier molecular flexibility index (Phi) is 6.66. The first kappa shape index (κ1) is 27.6. The summed E-state index contributed by atoms with van der Waals surface area (Å²) in [6.07, 6.45) is -9.19. The summed E-state index contributed by atoms with van der Waals surface area (Å²) < 4.78 is 16.1. The van der Waals surface area contributed by atoms with Gasteiger partial charge in [0.05, 0.1) is 16.5 Å². The molecular formula is C26H22O15. The van der Waals surface area contributed by atoms with E-state index in [1.807, 2.05) is 0 Å². The molecule has 4 aromatic rings. The Hall–Kier alpha value is -4.96. The van der Waals surface area contributed by atoms with Gasteiger partial charge in [0.25, 0.3) is 0 Å². The van der Waals surface area contributed by atoms with Crippen LogP contribution in [-0.4, -0.2) is 88.1 Å². The van der Waals surface area contributed by atoms with Gasteiger partial charge in [0, 0.05) is 12.1 Å². The first-order valence-corrected chi connectivity index (χ1v) is 11.8. The second-order valence-electron chi connectivity index (χ2n) is 9.33. The van der Waals surface area contributed by atoms with E-state index in [9.17, 15) is 60.7 Å². The van der Waals surface area contributed by atoms with Crippen LogP contribution in [0.4, 0.5) is 0 Å². The highest BCUT2D eigenvalue weighted by Gasteiger charge is 2.47. The van der Waals surface area contributed by atoms with Gasteiger partial charge in [-0.1, -0.05) is 0 Å². The lowest BCUT2D eigenvalue weighted by Crippen LogP contribution is -2.55. The van der Waals surface area contributed by atoms with Crippen molar-refractivity contribution in [3.05, 3.63) is 51.7 Å². The van der Waals surface area contributed by atoms with Crippen LogP contribution in [0, 0.1) is 0 Å². The maximum Gasteiger partial charge on any atom is 0.338 e. The zero-order chi connectivity index (χ0) is 29.9. The van der Waals surface area contributed by atoms with E-state index in [0.717, 1.165) is 30.3 Å². The minimum Gasteiger partial charge on any atom is -0.507 e. The zero-order valence-electron chi connectivity index (χ0n) is 20.5. The maximum atomic E-state index is 13.2. The number of hydrogen-bond donors (Lipinski definition) is 10. The molecule has 1 aliphatic heterocycles. The number of ether oxygens (including phenoxy) is 2. The number of phenols is 7. The van der Waals surface area contributed by atoms with Crippen LogP contribution in [-0.2, 0) is 9.47 Å². The molecule has 0 aliphatic carbocycles. The number of aliphatic hydroxyl groups excluding tert-OH is 3. The highest BCUT2D eigenvalue weighted by Crippen LogP contribution is 2.45. The normalized spacial score (nSPS) is 22.7. The summed E-state index contributed by atoms with van der Waals surface area (Å²) in [4.78, 5) is 25.6. The molecule has 2 heterocycles. The van der Waals surface area contributed by atoms with Crippen molar-refractivity contribution in [2.24, 2.45) is 0 Å². The minimum absolute atomic E-state index is 0.186. The summed E-state index contributed by atoms with van der Waals surface area (Å²) in [6, 6.07) is 4.33. The molecule has 0 saturated carbocycles. The number of aliphatic hydroxyl groups is 3. The number of aromatic hydroxyl groups is 7. The molecule has 1 fully saturated rings. The third kappa shape index (κ3) is 4.52. The fraction of sp³-hybridized carbons (Fsp3) is 0.231. The predicted octanol–water partition coefficient (Wildman–Crippen LogP) is 0.265. The van der Waals surface area contributed by atoms with Gasteiger partial charge in [-0.3, -0.25) is 4.79 Å². The van der Waals surface area contributed by atoms with Crippen LogP contribution in [0.2, 0.25) is 0 Å². The molecule has 15 nitrogen and oxygen atoms in total. The number of phenolic OH excluding ortho intramolecular Hbond substituents is 7.